The van der Waals surface area contributed by atoms with Crippen molar-refractivity contribution in [1.82, 2.24) is 0 Å². The second-order valence-corrected chi connectivity index (χ2v) is 3.33. The van der Waals surface area contributed by atoms with E-state index in [1.54, 1.807) is 12.1 Å². The van der Waals surface area contributed by atoms with Crippen molar-refractivity contribution in [2.75, 3.05) is 0 Å². The lowest BCUT2D eigenvalue weighted by molar-refractivity contribution is 0.628. The van der Waals surface area contributed by atoms with Crippen molar-refractivity contribution in [3.8, 4) is 11.1 Å². The van der Waals surface area contributed by atoms with Crippen LogP contribution >= 0.6 is 0 Å². The summed E-state index contributed by atoms with van der Waals surface area (Å²) in [6.45, 7) is 6.03. The molecule has 0 radical (unpaired) electrons. The third kappa shape index (κ3) is 2.93. The Morgan fingerprint density at radius 1 is 0.875 bits per heavy atom. The van der Waals surface area contributed by atoms with E-state index in [2.05, 4.69) is 0 Å². The Balaban J connectivity index is 0.000000606. The van der Waals surface area contributed by atoms with Crippen LogP contribution in [0, 0.1) is 12.7 Å². The van der Waals surface area contributed by atoms with Crippen molar-refractivity contribution >= 4 is 0 Å². The molecule has 84 valence electrons. The minimum atomic E-state index is -0.189. The third-order valence-corrected chi connectivity index (χ3v) is 2.28. The zero-order chi connectivity index (χ0) is 12.0. The van der Waals surface area contributed by atoms with Crippen molar-refractivity contribution in [2.24, 2.45) is 0 Å². The fraction of sp³-hybridized carbons (Fsp3) is 0.200. The largest absolute Gasteiger partial charge is 0.207 e. The van der Waals surface area contributed by atoms with Gasteiger partial charge >= 0.3 is 0 Å². The maximum absolute atomic E-state index is 13.0. The van der Waals surface area contributed by atoms with Crippen LogP contribution < -0.4 is 0 Å². The third-order valence-electron chi connectivity index (χ3n) is 2.28. The second-order valence-electron chi connectivity index (χ2n) is 3.33. The Hall–Kier alpha value is -1.63. The Labute approximate surface area is 96.8 Å². The fourth-order valence-electron chi connectivity index (χ4n) is 1.55. The van der Waals surface area contributed by atoms with Crippen LogP contribution in [0.3, 0.4) is 0 Å². The number of aryl methyl sites for hydroxylation is 1. The van der Waals surface area contributed by atoms with E-state index in [1.165, 1.54) is 6.07 Å². The first-order valence-electron chi connectivity index (χ1n) is 5.59. The summed E-state index contributed by atoms with van der Waals surface area (Å²) >= 11 is 0. The first kappa shape index (κ1) is 12.4. The topological polar surface area (TPSA) is 0 Å². The van der Waals surface area contributed by atoms with Crippen LogP contribution in [0.25, 0.3) is 11.1 Å². The van der Waals surface area contributed by atoms with Gasteiger partial charge in [0.05, 0.1) is 0 Å². The highest BCUT2D eigenvalue weighted by molar-refractivity contribution is 5.66. The van der Waals surface area contributed by atoms with Gasteiger partial charge in [0.25, 0.3) is 0 Å². The Morgan fingerprint density at radius 2 is 1.56 bits per heavy atom. The van der Waals surface area contributed by atoms with Crippen LogP contribution in [0.5, 0.6) is 0 Å². The molecule has 0 nitrogen and oxygen atoms in total. The van der Waals surface area contributed by atoms with Gasteiger partial charge in [-0.2, -0.15) is 0 Å². The molecular formula is C15H17F. The van der Waals surface area contributed by atoms with Crippen molar-refractivity contribution in [3.05, 3.63) is 59.9 Å². The van der Waals surface area contributed by atoms with Crippen molar-refractivity contribution < 1.29 is 4.39 Å². The van der Waals surface area contributed by atoms with Crippen LogP contribution in [0.2, 0.25) is 0 Å². The highest BCUT2D eigenvalue weighted by Crippen LogP contribution is 2.23. The molecule has 0 heterocycles. The predicted octanol–water partition coefficient (Wildman–Crippen LogP) is 4.83. The van der Waals surface area contributed by atoms with E-state index in [0.717, 1.165) is 16.7 Å². The van der Waals surface area contributed by atoms with Gasteiger partial charge in [-0.1, -0.05) is 50.2 Å². The zero-order valence-electron chi connectivity index (χ0n) is 10.00. The van der Waals surface area contributed by atoms with Gasteiger partial charge in [-0.15, -0.1) is 0 Å². The van der Waals surface area contributed by atoms with Gasteiger partial charge in [-0.25, -0.2) is 4.39 Å². The zero-order valence-corrected chi connectivity index (χ0v) is 10.00. The van der Waals surface area contributed by atoms with Crippen molar-refractivity contribution in [2.45, 2.75) is 20.8 Å². The summed E-state index contributed by atoms with van der Waals surface area (Å²) in [5.74, 6) is -0.189. The number of halogens is 1. The molecule has 0 fully saturated rings. The summed E-state index contributed by atoms with van der Waals surface area (Å²) in [6.07, 6.45) is 0. The van der Waals surface area contributed by atoms with Gasteiger partial charge in [0.2, 0.25) is 0 Å². The van der Waals surface area contributed by atoms with Crippen LogP contribution in [0.1, 0.15) is 19.4 Å². The summed E-state index contributed by atoms with van der Waals surface area (Å²) < 4.78 is 13.0. The summed E-state index contributed by atoms with van der Waals surface area (Å²) in [4.78, 5) is 0. The smallest absolute Gasteiger partial charge is 0.123 e. The first-order valence-corrected chi connectivity index (χ1v) is 5.59. The molecule has 2 rings (SSSR count). The molecular weight excluding hydrogens is 199 g/mol. The van der Waals surface area contributed by atoms with E-state index >= 15 is 0 Å². The predicted molar refractivity (Wildman–Crippen MR) is 67.9 cm³/mol. The molecule has 0 amide bonds. The average Bonchev–Trinajstić information content (AvgIpc) is 2.32. The fourth-order valence-corrected chi connectivity index (χ4v) is 1.55. The SMILES string of the molecule is CC.Cc1ccccc1-c1cccc(F)c1. The van der Waals surface area contributed by atoms with Crippen molar-refractivity contribution in [3.63, 3.8) is 0 Å². The summed E-state index contributed by atoms with van der Waals surface area (Å²) in [5, 5.41) is 0. The van der Waals surface area contributed by atoms with E-state index in [1.807, 2.05) is 51.1 Å². The molecule has 0 saturated carbocycles. The highest BCUT2D eigenvalue weighted by atomic mass is 19.1. The number of rotatable bonds is 1. The van der Waals surface area contributed by atoms with E-state index < -0.39 is 0 Å². The van der Waals surface area contributed by atoms with E-state index in [4.69, 9.17) is 0 Å². The van der Waals surface area contributed by atoms with Gasteiger partial charge < -0.3 is 0 Å². The standard InChI is InChI=1S/C13H11F.C2H6/c1-10-5-2-3-8-13(10)11-6-4-7-12(14)9-11;1-2/h2-9H,1H3;1-2H3. The molecule has 0 atom stereocenters. The quantitative estimate of drug-likeness (QED) is 0.640. The van der Waals surface area contributed by atoms with Gasteiger partial charge in [-0.3, -0.25) is 0 Å². The van der Waals surface area contributed by atoms with Gasteiger partial charge in [-0.05, 0) is 35.7 Å². The first-order chi connectivity index (χ1) is 7.77. The molecule has 0 saturated heterocycles. The summed E-state index contributed by atoms with van der Waals surface area (Å²) in [7, 11) is 0. The van der Waals surface area contributed by atoms with Crippen LogP contribution in [0.4, 0.5) is 4.39 Å². The molecule has 0 spiro atoms. The number of hydrogen-bond donors (Lipinski definition) is 0. The van der Waals surface area contributed by atoms with Crippen molar-refractivity contribution in [1.29, 1.82) is 0 Å². The lowest BCUT2D eigenvalue weighted by Crippen LogP contribution is -1.83. The molecule has 0 aliphatic rings. The lowest BCUT2D eigenvalue weighted by Gasteiger charge is -2.04. The van der Waals surface area contributed by atoms with Crippen LogP contribution in [-0.4, -0.2) is 0 Å². The maximum atomic E-state index is 13.0. The molecule has 0 bridgehead atoms. The molecule has 16 heavy (non-hydrogen) atoms. The second kappa shape index (κ2) is 6.06. The van der Waals surface area contributed by atoms with Crippen LogP contribution in [0.15, 0.2) is 48.5 Å². The highest BCUT2D eigenvalue weighted by Gasteiger charge is 2.00. The molecule has 0 aliphatic heterocycles. The number of benzene rings is 2. The van der Waals surface area contributed by atoms with E-state index in [0.29, 0.717) is 0 Å². The van der Waals surface area contributed by atoms with Crippen LogP contribution in [-0.2, 0) is 0 Å². The Kier molecular flexibility index (Phi) is 4.71. The monoisotopic (exact) mass is 216 g/mol. The Bertz CT molecular complexity index is 447. The molecule has 0 N–H and O–H groups in total. The van der Waals surface area contributed by atoms with Gasteiger partial charge in [0.15, 0.2) is 0 Å². The summed E-state index contributed by atoms with van der Waals surface area (Å²) in [5.41, 5.74) is 3.19. The molecule has 0 unspecified atom stereocenters. The number of hydrogen-bond acceptors (Lipinski definition) is 0. The lowest BCUT2D eigenvalue weighted by atomic mass is 10.0. The maximum Gasteiger partial charge on any atom is 0.123 e. The van der Waals surface area contributed by atoms with Gasteiger partial charge in [0, 0.05) is 0 Å². The van der Waals surface area contributed by atoms with E-state index in [-0.39, 0.29) is 5.82 Å². The van der Waals surface area contributed by atoms with E-state index in [9.17, 15) is 4.39 Å². The molecule has 2 aromatic rings. The molecule has 0 aliphatic carbocycles. The summed E-state index contributed by atoms with van der Waals surface area (Å²) in [6, 6.07) is 14.7. The molecule has 1 heteroatoms. The molecule has 0 aromatic heterocycles. The Morgan fingerprint density at radius 3 is 2.19 bits per heavy atom. The molecule has 2 aromatic carbocycles. The van der Waals surface area contributed by atoms with Gasteiger partial charge in [0.1, 0.15) is 5.82 Å². The average molecular weight is 216 g/mol. The minimum Gasteiger partial charge on any atom is -0.207 e. The normalized spacial score (nSPS) is 9.25. The minimum absolute atomic E-state index is 0.189.